The van der Waals surface area contributed by atoms with E-state index in [0.717, 1.165) is 6.92 Å². The number of alkyl halides is 2. The Morgan fingerprint density at radius 2 is 1.86 bits per heavy atom. The number of hydrogen-bond acceptors (Lipinski definition) is 6. The van der Waals surface area contributed by atoms with E-state index in [1.165, 1.54) is 29.2 Å². The first-order valence-electron chi connectivity index (χ1n) is 8.31. The lowest BCUT2D eigenvalue weighted by Crippen LogP contribution is -2.16. The van der Waals surface area contributed by atoms with Crippen molar-refractivity contribution in [3.8, 4) is 11.7 Å². The van der Waals surface area contributed by atoms with Crippen LogP contribution in [0.5, 0.6) is 6.01 Å². The third-order valence-corrected chi connectivity index (χ3v) is 4.24. The minimum Gasteiger partial charge on any atom is -0.457 e. The van der Waals surface area contributed by atoms with E-state index in [1.54, 1.807) is 26.1 Å². The van der Waals surface area contributed by atoms with Crippen molar-refractivity contribution >= 4 is 11.6 Å². The molecule has 2 aromatic heterocycles. The van der Waals surface area contributed by atoms with E-state index in [0.29, 0.717) is 16.9 Å². The zero-order valence-corrected chi connectivity index (χ0v) is 16.2. The quantitative estimate of drug-likeness (QED) is 0.669. The Balaban J connectivity index is 1.71. The Morgan fingerprint density at radius 3 is 2.46 bits per heavy atom. The molecule has 0 aliphatic heterocycles. The highest BCUT2D eigenvalue weighted by molar-refractivity contribution is 6.31. The molecule has 3 rings (SSSR count). The summed E-state index contributed by atoms with van der Waals surface area (Å²) in [4.78, 5) is 8.05. The van der Waals surface area contributed by atoms with Gasteiger partial charge in [-0.1, -0.05) is 16.8 Å². The summed E-state index contributed by atoms with van der Waals surface area (Å²) >= 11 is 5.86. The maximum Gasteiger partial charge on any atom is 0.316 e. The summed E-state index contributed by atoms with van der Waals surface area (Å²) in [7, 11) is 0. The molecule has 0 bridgehead atoms. The van der Waals surface area contributed by atoms with Crippen LogP contribution in [-0.2, 0) is 18.1 Å². The third-order valence-electron chi connectivity index (χ3n) is 3.91. The average Bonchev–Trinajstić information content (AvgIpc) is 3.08. The van der Waals surface area contributed by atoms with Crippen LogP contribution in [0, 0.1) is 0 Å². The van der Waals surface area contributed by atoms with Gasteiger partial charge in [0.05, 0.1) is 17.5 Å². The van der Waals surface area contributed by atoms with Crippen LogP contribution in [0.25, 0.3) is 5.69 Å². The molecule has 0 aliphatic rings. The molecule has 2 heterocycles. The Hall–Kier alpha value is -2.65. The van der Waals surface area contributed by atoms with E-state index in [2.05, 4.69) is 20.3 Å². The number of hydrogen-bond donors (Lipinski definition) is 1. The van der Waals surface area contributed by atoms with E-state index in [1.807, 2.05) is 0 Å². The lowest BCUT2D eigenvalue weighted by Gasteiger charge is -2.16. The first-order chi connectivity index (χ1) is 13.0. The fourth-order valence-corrected chi connectivity index (χ4v) is 2.61. The van der Waals surface area contributed by atoms with Gasteiger partial charge in [0.15, 0.2) is 0 Å². The normalized spacial score (nSPS) is 12.2. The van der Waals surface area contributed by atoms with Gasteiger partial charge in [0.1, 0.15) is 12.3 Å². The SMILES string of the molecule is CC(C)(O)c1cnc(OCc2cn(-c3ccc(Cl)c(C(C)(F)F)c3)nn2)nc1. The standard InChI is InChI=1S/C18H18ClF2N5O2/c1-17(2,27)11-7-22-16(23-8-11)28-10-12-9-26(25-24-12)13-4-5-15(19)14(6-13)18(3,20)21/h4-9,27H,10H2,1-3H3. The van der Waals surface area contributed by atoms with E-state index >= 15 is 0 Å². The Kier molecular flexibility index (Phi) is 5.31. The molecule has 0 fully saturated rings. The highest BCUT2D eigenvalue weighted by Crippen LogP contribution is 2.34. The summed E-state index contributed by atoms with van der Waals surface area (Å²) < 4.78 is 34.1. The van der Waals surface area contributed by atoms with Gasteiger partial charge in [0.2, 0.25) is 0 Å². The van der Waals surface area contributed by atoms with Crippen LogP contribution in [-0.4, -0.2) is 30.1 Å². The average molecular weight is 410 g/mol. The zero-order valence-electron chi connectivity index (χ0n) is 15.4. The third kappa shape index (κ3) is 4.60. The summed E-state index contributed by atoms with van der Waals surface area (Å²) in [6, 6.07) is 4.33. The maximum absolute atomic E-state index is 13.6. The smallest absolute Gasteiger partial charge is 0.316 e. The fraction of sp³-hybridized carbons (Fsp3) is 0.333. The Labute approximate surface area is 165 Å². The minimum atomic E-state index is -3.08. The van der Waals surface area contributed by atoms with Gasteiger partial charge in [-0.3, -0.25) is 0 Å². The predicted molar refractivity (Wildman–Crippen MR) is 97.5 cm³/mol. The number of ether oxygens (including phenoxy) is 1. The van der Waals surface area contributed by atoms with Crippen molar-refractivity contribution in [3.05, 3.63) is 58.6 Å². The number of halogens is 3. The highest BCUT2D eigenvalue weighted by atomic mass is 35.5. The monoisotopic (exact) mass is 409 g/mol. The lowest BCUT2D eigenvalue weighted by molar-refractivity contribution is 0.0176. The molecule has 1 N–H and O–H groups in total. The van der Waals surface area contributed by atoms with Gasteiger partial charge in [0, 0.05) is 35.5 Å². The van der Waals surface area contributed by atoms with Crippen molar-refractivity contribution in [2.75, 3.05) is 0 Å². The Morgan fingerprint density at radius 1 is 1.18 bits per heavy atom. The second kappa shape index (κ2) is 7.40. The molecule has 3 aromatic rings. The first-order valence-corrected chi connectivity index (χ1v) is 8.69. The maximum atomic E-state index is 13.6. The molecule has 0 amide bonds. The van der Waals surface area contributed by atoms with Crippen molar-refractivity contribution < 1.29 is 18.6 Å². The molecular weight excluding hydrogens is 392 g/mol. The zero-order chi connectivity index (χ0) is 20.5. The molecule has 0 atom stereocenters. The summed E-state index contributed by atoms with van der Waals surface area (Å²) in [6.07, 6.45) is 4.49. The van der Waals surface area contributed by atoms with Gasteiger partial charge >= 0.3 is 6.01 Å². The number of aromatic nitrogens is 5. The molecule has 0 unspecified atom stereocenters. The molecular formula is C18H18ClF2N5O2. The molecule has 28 heavy (non-hydrogen) atoms. The van der Waals surface area contributed by atoms with Crippen LogP contribution in [0.4, 0.5) is 8.78 Å². The van der Waals surface area contributed by atoms with E-state index in [9.17, 15) is 13.9 Å². The van der Waals surface area contributed by atoms with Gasteiger partial charge in [-0.05, 0) is 32.0 Å². The van der Waals surface area contributed by atoms with Gasteiger partial charge < -0.3 is 9.84 Å². The van der Waals surface area contributed by atoms with Crippen molar-refractivity contribution in [1.82, 2.24) is 25.0 Å². The van der Waals surface area contributed by atoms with Crippen molar-refractivity contribution in [2.24, 2.45) is 0 Å². The number of rotatable bonds is 6. The number of nitrogens with zero attached hydrogens (tertiary/aromatic N) is 5. The molecule has 0 saturated heterocycles. The van der Waals surface area contributed by atoms with E-state index < -0.39 is 11.5 Å². The van der Waals surface area contributed by atoms with Gasteiger partial charge in [-0.25, -0.2) is 23.4 Å². The second-order valence-electron chi connectivity index (χ2n) is 6.81. The van der Waals surface area contributed by atoms with Gasteiger partial charge in [0.25, 0.3) is 5.92 Å². The second-order valence-corrected chi connectivity index (χ2v) is 7.22. The summed E-state index contributed by atoms with van der Waals surface area (Å²) in [5.41, 5.74) is 0.0613. The fourth-order valence-electron chi connectivity index (χ4n) is 2.33. The molecule has 0 aliphatic carbocycles. The molecule has 0 saturated carbocycles. The lowest BCUT2D eigenvalue weighted by atomic mass is 10.0. The minimum absolute atomic E-state index is 0.0217. The van der Waals surface area contributed by atoms with Crippen LogP contribution in [0.2, 0.25) is 5.02 Å². The number of benzene rings is 1. The van der Waals surface area contributed by atoms with Crippen LogP contribution >= 0.6 is 11.6 Å². The summed E-state index contributed by atoms with van der Waals surface area (Å²) in [5, 5.41) is 17.7. The number of aliphatic hydroxyl groups is 1. The predicted octanol–water partition coefficient (Wildman–Crippen LogP) is 3.63. The topological polar surface area (TPSA) is 86.0 Å². The highest BCUT2D eigenvalue weighted by Gasteiger charge is 2.27. The van der Waals surface area contributed by atoms with Crippen LogP contribution in [0.15, 0.2) is 36.8 Å². The summed E-state index contributed by atoms with van der Waals surface area (Å²) in [5.74, 6) is -3.08. The Bertz CT molecular complexity index is 965. The largest absolute Gasteiger partial charge is 0.457 e. The van der Waals surface area contributed by atoms with Crippen molar-refractivity contribution in [2.45, 2.75) is 38.9 Å². The van der Waals surface area contributed by atoms with Crippen LogP contribution in [0.1, 0.15) is 37.6 Å². The molecule has 10 heteroatoms. The van der Waals surface area contributed by atoms with Crippen LogP contribution < -0.4 is 4.74 Å². The van der Waals surface area contributed by atoms with Crippen molar-refractivity contribution in [1.29, 1.82) is 0 Å². The molecule has 0 radical (unpaired) electrons. The first kappa shape index (κ1) is 20.1. The van der Waals surface area contributed by atoms with E-state index in [-0.39, 0.29) is 23.2 Å². The molecule has 148 valence electrons. The van der Waals surface area contributed by atoms with Gasteiger partial charge in [-0.2, -0.15) is 0 Å². The van der Waals surface area contributed by atoms with E-state index in [4.69, 9.17) is 16.3 Å². The van der Waals surface area contributed by atoms with Crippen LogP contribution in [0.3, 0.4) is 0 Å². The van der Waals surface area contributed by atoms with Gasteiger partial charge in [-0.15, -0.1) is 5.10 Å². The molecule has 0 spiro atoms. The molecule has 1 aromatic carbocycles. The summed E-state index contributed by atoms with van der Waals surface area (Å²) in [6.45, 7) is 4.07. The molecule has 7 nitrogen and oxygen atoms in total. The van der Waals surface area contributed by atoms with Crippen molar-refractivity contribution in [3.63, 3.8) is 0 Å².